The molecule has 4 heteroatoms. The number of methoxy groups -OCH3 is 1. The van der Waals surface area contributed by atoms with E-state index >= 15 is 0 Å². The molecule has 2 N–H and O–H groups in total. The molecule has 0 radical (unpaired) electrons. The van der Waals surface area contributed by atoms with Gasteiger partial charge in [-0.05, 0) is 31.7 Å². The summed E-state index contributed by atoms with van der Waals surface area (Å²) in [7, 11) is 3.59. The summed E-state index contributed by atoms with van der Waals surface area (Å²) in [5.74, 6) is 0.860. The molecule has 17 heavy (non-hydrogen) atoms. The lowest BCUT2D eigenvalue weighted by molar-refractivity contribution is 0.415. The van der Waals surface area contributed by atoms with E-state index in [2.05, 4.69) is 21.6 Å². The Hall–Kier alpha value is -1.81. The fraction of sp³-hybridized carbons (Fsp3) is 0.308. The van der Waals surface area contributed by atoms with Gasteiger partial charge >= 0.3 is 0 Å². The third kappa shape index (κ3) is 2.31. The second-order valence-corrected chi connectivity index (χ2v) is 3.93. The first-order chi connectivity index (χ1) is 8.26. The topological polar surface area (TPSA) is 49.9 Å². The molecule has 0 saturated heterocycles. The van der Waals surface area contributed by atoms with Crippen molar-refractivity contribution in [3.63, 3.8) is 0 Å². The monoisotopic (exact) mass is 231 g/mol. The number of ether oxygens (including phenoxy) is 1. The van der Waals surface area contributed by atoms with E-state index in [1.54, 1.807) is 7.11 Å². The van der Waals surface area contributed by atoms with E-state index in [1.165, 1.54) is 0 Å². The van der Waals surface area contributed by atoms with Crippen LogP contribution in [0.15, 0.2) is 24.3 Å². The minimum atomic E-state index is 0.747. The predicted octanol–water partition coefficient (Wildman–Crippen LogP) is 2.11. The van der Waals surface area contributed by atoms with E-state index < -0.39 is 0 Å². The molecular formula is C13H17N3O. The summed E-state index contributed by atoms with van der Waals surface area (Å²) in [5.41, 5.74) is 4.38. The van der Waals surface area contributed by atoms with E-state index in [1.807, 2.05) is 32.2 Å². The van der Waals surface area contributed by atoms with Gasteiger partial charge in [0.25, 0.3) is 0 Å². The molecule has 0 amide bonds. The quantitative estimate of drug-likeness (QED) is 0.847. The lowest BCUT2D eigenvalue weighted by atomic mass is 10.0. The van der Waals surface area contributed by atoms with Gasteiger partial charge in [-0.25, -0.2) is 0 Å². The maximum absolute atomic E-state index is 5.25. The van der Waals surface area contributed by atoms with Crippen LogP contribution in [0.3, 0.4) is 0 Å². The van der Waals surface area contributed by atoms with Crippen LogP contribution in [0.25, 0.3) is 11.1 Å². The molecule has 0 aliphatic heterocycles. The van der Waals surface area contributed by atoms with Gasteiger partial charge in [-0.3, -0.25) is 5.10 Å². The summed E-state index contributed by atoms with van der Waals surface area (Å²) < 4.78 is 5.25. The molecule has 0 aliphatic rings. The fourth-order valence-electron chi connectivity index (χ4n) is 1.94. The number of aromatic nitrogens is 2. The van der Waals surface area contributed by atoms with Crippen LogP contribution < -0.4 is 10.1 Å². The first-order valence-corrected chi connectivity index (χ1v) is 5.59. The number of hydrogen-bond acceptors (Lipinski definition) is 3. The first-order valence-electron chi connectivity index (χ1n) is 5.59. The van der Waals surface area contributed by atoms with Crippen molar-refractivity contribution in [3.8, 4) is 16.9 Å². The normalized spacial score (nSPS) is 10.5. The highest BCUT2D eigenvalue weighted by atomic mass is 16.5. The zero-order valence-electron chi connectivity index (χ0n) is 10.4. The molecule has 90 valence electrons. The smallest absolute Gasteiger partial charge is 0.119 e. The van der Waals surface area contributed by atoms with Gasteiger partial charge in [-0.15, -0.1) is 0 Å². The van der Waals surface area contributed by atoms with Crippen LogP contribution in [0.2, 0.25) is 0 Å². The third-order valence-corrected chi connectivity index (χ3v) is 2.72. The minimum Gasteiger partial charge on any atom is -0.497 e. The van der Waals surface area contributed by atoms with Crippen LogP contribution in [-0.2, 0) is 6.54 Å². The molecule has 1 aromatic heterocycles. The van der Waals surface area contributed by atoms with Crippen LogP contribution in [0.1, 0.15) is 11.4 Å². The Morgan fingerprint density at radius 1 is 1.41 bits per heavy atom. The second-order valence-electron chi connectivity index (χ2n) is 3.93. The largest absolute Gasteiger partial charge is 0.497 e. The highest BCUT2D eigenvalue weighted by molar-refractivity contribution is 5.69. The van der Waals surface area contributed by atoms with Crippen LogP contribution in [0.4, 0.5) is 0 Å². The molecule has 4 nitrogen and oxygen atoms in total. The fourth-order valence-corrected chi connectivity index (χ4v) is 1.94. The number of H-pyrrole nitrogens is 1. The Morgan fingerprint density at radius 2 is 2.24 bits per heavy atom. The van der Waals surface area contributed by atoms with E-state index in [9.17, 15) is 0 Å². The molecule has 0 aliphatic carbocycles. The lowest BCUT2D eigenvalue weighted by Crippen LogP contribution is -2.06. The van der Waals surface area contributed by atoms with Crippen molar-refractivity contribution in [2.75, 3.05) is 14.2 Å². The Bertz CT molecular complexity index is 505. The second kappa shape index (κ2) is 5.01. The minimum absolute atomic E-state index is 0.747. The van der Waals surface area contributed by atoms with E-state index in [0.29, 0.717) is 0 Å². The summed E-state index contributed by atoms with van der Waals surface area (Å²) in [6, 6.07) is 8.02. The number of benzene rings is 1. The van der Waals surface area contributed by atoms with Crippen molar-refractivity contribution >= 4 is 0 Å². The van der Waals surface area contributed by atoms with Crippen molar-refractivity contribution in [2.45, 2.75) is 13.5 Å². The van der Waals surface area contributed by atoms with Crippen LogP contribution in [0, 0.1) is 6.92 Å². The summed E-state index contributed by atoms with van der Waals surface area (Å²) in [6.07, 6.45) is 0. The van der Waals surface area contributed by atoms with Crippen LogP contribution in [-0.4, -0.2) is 24.4 Å². The molecule has 0 bridgehead atoms. The number of rotatable bonds is 4. The average Bonchev–Trinajstić information content (AvgIpc) is 2.71. The predicted molar refractivity (Wildman–Crippen MR) is 68.1 cm³/mol. The van der Waals surface area contributed by atoms with Crippen molar-refractivity contribution in [1.29, 1.82) is 0 Å². The molecule has 2 aromatic rings. The molecule has 0 spiro atoms. The first kappa shape index (κ1) is 11.7. The van der Waals surface area contributed by atoms with Gasteiger partial charge in [0.05, 0.1) is 12.8 Å². The zero-order valence-corrected chi connectivity index (χ0v) is 10.4. The highest BCUT2D eigenvalue weighted by Gasteiger charge is 2.12. The van der Waals surface area contributed by atoms with E-state index in [0.717, 1.165) is 34.8 Å². The highest BCUT2D eigenvalue weighted by Crippen LogP contribution is 2.28. The van der Waals surface area contributed by atoms with Gasteiger partial charge in [-0.2, -0.15) is 5.10 Å². The van der Waals surface area contributed by atoms with E-state index in [-0.39, 0.29) is 0 Å². The Morgan fingerprint density at radius 3 is 2.94 bits per heavy atom. The average molecular weight is 231 g/mol. The number of nitrogens with zero attached hydrogens (tertiary/aromatic N) is 1. The SMILES string of the molecule is CNCc1n[nH]c(C)c1-c1cccc(OC)c1. The van der Waals surface area contributed by atoms with Crippen molar-refractivity contribution < 1.29 is 4.74 Å². The molecule has 2 rings (SSSR count). The molecule has 0 atom stereocenters. The van der Waals surface area contributed by atoms with Gasteiger partial charge in [0.15, 0.2) is 0 Å². The Kier molecular flexibility index (Phi) is 3.44. The van der Waals surface area contributed by atoms with Gasteiger partial charge in [0, 0.05) is 17.8 Å². The number of aryl methyl sites for hydroxylation is 1. The zero-order chi connectivity index (χ0) is 12.3. The maximum atomic E-state index is 5.25. The van der Waals surface area contributed by atoms with Gasteiger partial charge in [-0.1, -0.05) is 12.1 Å². The van der Waals surface area contributed by atoms with Gasteiger partial charge in [0.2, 0.25) is 0 Å². The summed E-state index contributed by atoms with van der Waals surface area (Å²) in [6.45, 7) is 2.78. The van der Waals surface area contributed by atoms with Crippen LogP contribution in [0.5, 0.6) is 5.75 Å². The molecule has 1 heterocycles. The molecule has 0 unspecified atom stereocenters. The lowest BCUT2D eigenvalue weighted by Gasteiger charge is -2.06. The number of aromatic amines is 1. The number of nitrogens with one attached hydrogen (secondary N) is 2. The molecular weight excluding hydrogens is 214 g/mol. The number of hydrogen-bond donors (Lipinski definition) is 2. The van der Waals surface area contributed by atoms with Crippen LogP contribution >= 0.6 is 0 Å². The Balaban J connectivity index is 2.47. The molecule has 0 fully saturated rings. The maximum Gasteiger partial charge on any atom is 0.119 e. The van der Waals surface area contributed by atoms with Gasteiger partial charge < -0.3 is 10.1 Å². The Labute approximate surface area is 101 Å². The van der Waals surface area contributed by atoms with Crippen molar-refractivity contribution in [1.82, 2.24) is 15.5 Å². The van der Waals surface area contributed by atoms with Crippen molar-refractivity contribution in [2.24, 2.45) is 0 Å². The summed E-state index contributed by atoms with van der Waals surface area (Å²) in [4.78, 5) is 0. The van der Waals surface area contributed by atoms with E-state index in [4.69, 9.17) is 4.74 Å². The van der Waals surface area contributed by atoms with Gasteiger partial charge in [0.1, 0.15) is 5.75 Å². The molecule has 0 saturated carbocycles. The summed E-state index contributed by atoms with van der Waals surface area (Å²) in [5, 5.41) is 10.5. The third-order valence-electron chi connectivity index (χ3n) is 2.72. The summed E-state index contributed by atoms with van der Waals surface area (Å²) >= 11 is 0. The molecule has 1 aromatic carbocycles. The standard InChI is InChI=1S/C13H17N3O/c1-9-13(12(8-14-2)16-15-9)10-5-4-6-11(7-10)17-3/h4-7,14H,8H2,1-3H3,(H,15,16). The van der Waals surface area contributed by atoms with Crippen molar-refractivity contribution in [3.05, 3.63) is 35.7 Å².